The summed E-state index contributed by atoms with van der Waals surface area (Å²) in [6.45, 7) is 22.4. The van der Waals surface area contributed by atoms with Gasteiger partial charge in [-0.15, -0.1) is 0 Å². The van der Waals surface area contributed by atoms with Gasteiger partial charge >= 0.3 is 12.1 Å². The van der Waals surface area contributed by atoms with Crippen molar-refractivity contribution in [2.75, 3.05) is 39.4 Å². The summed E-state index contributed by atoms with van der Waals surface area (Å²) >= 11 is 0. The molecule has 6 amide bonds. The maximum Gasteiger partial charge on any atom is 0.325 e. The molecule has 0 saturated carbocycles. The third kappa shape index (κ3) is 10.3. The number of hydrogen-bond acceptors (Lipinski definition) is 10. The van der Waals surface area contributed by atoms with Gasteiger partial charge in [0.05, 0.1) is 0 Å². The van der Waals surface area contributed by atoms with Crippen LogP contribution in [0.5, 0.6) is 11.5 Å². The Morgan fingerprint density at radius 1 is 0.556 bits per heavy atom. The second kappa shape index (κ2) is 18.3. The molecule has 348 valence electrons. The van der Waals surface area contributed by atoms with Crippen LogP contribution in [0.3, 0.4) is 0 Å². The van der Waals surface area contributed by atoms with Crippen molar-refractivity contribution in [1.29, 1.82) is 0 Å². The lowest BCUT2D eigenvalue weighted by Gasteiger charge is -2.58. The van der Waals surface area contributed by atoms with Crippen LogP contribution in [0.4, 0.5) is 9.59 Å². The second-order valence-electron chi connectivity index (χ2n) is 21.2. The Labute approximate surface area is 375 Å². The second-order valence-corrected chi connectivity index (χ2v) is 21.2. The number of urea groups is 2. The van der Waals surface area contributed by atoms with Crippen molar-refractivity contribution >= 4 is 23.9 Å². The maximum absolute atomic E-state index is 13.6. The van der Waals surface area contributed by atoms with Crippen LogP contribution < -0.4 is 20.1 Å². The number of benzene rings is 2. The minimum atomic E-state index is -0.952. The van der Waals surface area contributed by atoms with Crippen molar-refractivity contribution in [3.63, 3.8) is 0 Å². The van der Waals surface area contributed by atoms with Gasteiger partial charge in [-0.25, -0.2) is 9.59 Å². The number of rotatable bonds is 18. The Kier molecular flexibility index (Phi) is 14.0. The number of β-amino-alcohol motifs (C(OH)–C–C–N with tert-alkyl or cyclic N) is 2. The number of likely N-dealkylation sites (tertiary alicyclic amines) is 2. The van der Waals surface area contributed by atoms with Crippen molar-refractivity contribution in [2.24, 2.45) is 0 Å². The topological polar surface area (TPSA) is 164 Å². The number of amides is 6. The van der Waals surface area contributed by atoms with Gasteiger partial charge in [0, 0.05) is 48.3 Å². The SMILES string of the molecule is CCCCN1C(=O)NC2(CC(C)(C)N(CC(O)COc3ccc(Cc4ccc(OCC(O)CN5C(C)(C)CC6(CC5(C)C)NC(=O)N(CCCC)C6=O)cc4)cc3)C(C)(C)C2)C1=O. The molecule has 14 nitrogen and oxygen atoms in total. The van der Waals surface area contributed by atoms with E-state index in [1.165, 1.54) is 9.80 Å². The highest BCUT2D eigenvalue weighted by Crippen LogP contribution is 2.47. The normalized spacial score (nSPS) is 23.2. The minimum Gasteiger partial charge on any atom is -0.491 e. The van der Waals surface area contributed by atoms with Gasteiger partial charge in [0.1, 0.15) is 48.0 Å². The lowest BCUT2D eigenvalue weighted by atomic mass is 9.68. The number of piperidine rings is 2. The zero-order chi connectivity index (χ0) is 46.2. The fraction of sp³-hybridized carbons (Fsp3) is 0.673. The molecule has 4 aliphatic rings. The van der Waals surface area contributed by atoms with E-state index in [9.17, 15) is 29.4 Å². The Hall–Kier alpha value is -4.24. The summed E-state index contributed by atoms with van der Waals surface area (Å²) in [5.41, 5.74) is -1.63. The highest BCUT2D eigenvalue weighted by Gasteiger charge is 2.62. The summed E-state index contributed by atoms with van der Waals surface area (Å²) in [7, 11) is 0. The quantitative estimate of drug-likeness (QED) is 0.126. The number of carbonyl (C=O) groups is 4. The van der Waals surface area contributed by atoms with Crippen molar-refractivity contribution in [3.8, 4) is 11.5 Å². The Bertz CT molecular complexity index is 1790. The van der Waals surface area contributed by atoms with E-state index < -0.39 is 45.4 Å². The van der Waals surface area contributed by atoms with Gasteiger partial charge in [0.15, 0.2) is 0 Å². The van der Waals surface area contributed by atoms with Gasteiger partial charge in [-0.2, -0.15) is 0 Å². The van der Waals surface area contributed by atoms with E-state index >= 15 is 0 Å². The van der Waals surface area contributed by atoms with Crippen molar-refractivity contribution in [2.45, 2.75) is 172 Å². The van der Waals surface area contributed by atoms with E-state index in [2.05, 4.69) is 75.8 Å². The number of hydrogen-bond donors (Lipinski definition) is 4. The van der Waals surface area contributed by atoms with Crippen LogP contribution in [0, 0.1) is 0 Å². The number of unbranched alkanes of at least 4 members (excludes halogenated alkanes) is 2. The first-order chi connectivity index (χ1) is 29.5. The van der Waals surface area contributed by atoms with E-state index in [4.69, 9.17) is 9.47 Å². The highest BCUT2D eigenvalue weighted by atomic mass is 16.5. The predicted molar refractivity (Wildman–Crippen MR) is 243 cm³/mol. The zero-order valence-electron chi connectivity index (χ0n) is 39.5. The molecule has 4 aliphatic heterocycles. The monoisotopic (exact) mass is 875 g/mol. The number of imide groups is 2. The number of nitrogens with zero attached hydrogens (tertiary/aromatic N) is 4. The Morgan fingerprint density at radius 3 is 1.17 bits per heavy atom. The molecule has 0 aromatic heterocycles. The molecule has 4 saturated heterocycles. The zero-order valence-corrected chi connectivity index (χ0v) is 39.5. The molecule has 2 aromatic carbocycles. The van der Waals surface area contributed by atoms with Gasteiger partial charge < -0.3 is 30.3 Å². The fourth-order valence-electron chi connectivity index (χ4n) is 11.5. The molecule has 6 rings (SSSR count). The Balaban J connectivity index is 0.953. The van der Waals surface area contributed by atoms with Crippen LogP contribution in [-0.4, -0.2) is 139 Å². The van der Waals surface area contributed by atoms with Gasteiger partial charge in [-0.05, 0) is 136 Å². The molecular formula is C49H74N6O8. The maximum atomic E-state index is 13.6. The van der Waals surface area contributed by atoms with Gasteiger partial charge in [-0.1, -0.05) is 51.0 Å². The molecule has 4 heterocycles. The predicted octanol–water partition coefficient (Wildman–Crippen LogP) is 6.24. The van der Waals surface area contributed by atoms with E-state index in [-0.39, 0.29) is 37.1 Å². The molecule has 0 radical (unpaired) electrons. The van der Waals surface area contributed by atoms with Crippen LogP contribution in [0.1, 0.15) is 132 Å². The van der Waals surface area contributed by atoms with Gasteiger partial charge in [-0.3, -0.25) is 29.2 Å². The summed E-state index contributed by atoms with van der Waals surface area (Å²) in [6, 6.07) is 15.1. The molecule has 0 bridgehead atoms. The van der Waals surface area contributed by atoms with Crippen molar-refractivity contribution < 1.29 is 38.9 Å². The molecule has 4 fully saturated rings. The summed E-state index contributed by atoms with van der Waals surface area (Å²) < 4.78 is 12.1. The van der Waals surface area contributed by atoms with Crippen LogP contribution in [0.25, 0.3) is 0 Å². The number of carbonyl (C=O) groups excluding carboxylic acids is 4. The van der Waals surface area contributed by atoms with Crippen LogP contribution in [0.2, 0.25) is 0 Å². The first kappa shape index (κ1) is 48.2. The molecule has 2 unspecified atom stereocenters. The van der Waals surface area contributed by atoms with Crippen molar-refractivity contribution in [3.05, 3.63) is 59.7 Å². The number of nitrogens with one attached hydrogen (secondary N) is 2. The average Bonchev–Trinajstić information content (AvgIpc) is 3.54. The third-order valence-electron chi connectivity index (χ3n) is 13.7. The standard InChI is InChI=1S/C49H74N6O8/c1-11-13-23-52-40(58)48(50-42(52)60)30-44(3,4)54(45(5,6)31-48)26-36(56)28-62-38-19-15-34(16-20-38)25-35-17-21-39(22-18-35)63-29-37(57)27-55-46(7,8)32-49(33-47(55,9)10)41(59)53(24-14-12-2)43(61)51-49/h15-22,36-37,56-57H,11-14,23-33H2,1-10H3,(H,50,60)(H,51,61). The van der Waals surface area contributed by atoms with Crippen LogP contribution >= 0.6 is 0 Å². The summed E-state index contributed by atoms with van der Waals surface area (Å²) in [5, 5.41) is 28.5. The highest BCUT2D eigenvalue weighted by molar-refractivity contribution is 6.08. The van der Waals surface area contributed by atoms with Gasteiger partial charge in [0.2, 0.25) is 0 Å². The summed E-state index contributed by atoms with van der Waals surface area (Å²) in [4.78, 5) is 60.2. The average molecular weight is 875 g/mol. The smallest absolute Gasteiger partial charge is 0.325 e. The summed E-state index contributed by atoms with van der Waals surface area (Å²) in [5.74, 6) is 1.04. The molecule has 63 heavy (non-hydrogen) atoms. The number of aliphatic hydroxyl groups excluding tert-OH is 2. The molecule has 4 N–H and O–H groups in total. The molecule has 2 atom stereocenters. The number of ether oxygens (including phenoxy) is 2. The number of aliphatic hydroxyl groups is 2. The minimum absolute atomic E-state index is 0.108. The van der Waals surface area contributed by atoms with Gasteiger partial charge in [0.25, 0.3) is 11.8 Å². The molecule has 14 heteroatoms. The summed E-state index contributed by atoms with van der Waals surface area (Å²) in [6.07, 6.45) is 4.31. The first-order valence-corrected chi connectivity index (χ1v) is 23.1. The van der Waals surface area contributed by atoms with E-state index in [1.807, 2.05) is 62.4 Å². The first-order valence-electron chi connectivity index (χ1n) is 23.1. The molecule has 0 aliphatic carbocycles. The molecule has 2 aromatic rings. The van der Waals surface area contributed by atoms with E-state index in [0.717, 1.165) is 36.8 Å². The third-order valence-corrected chi connectivity index (χ3v) is 13.7. The van der Waals surface area contributed by atoms with Crippen LogP contribution in [0.15, 0.2) is 48.5 Å². The lowest BCUT2D eigenvalue weighted by Crippen LogP contribution is -2.70. The van der Waals surface area contributed by atoms with Crippen LogP contribution in [-0.2, 0) is 16.0 Å². The fourth-order valence-corrected chi connectivity index (χ4v) is 11.5. The lowest BCUT2D eigenvalue weighted by molar-refractivity contribution is -0.143. The van der Waals surface area contributed by atoms with E-state index in [0.29, 0.717) is 69.8 Å². The van der Waals surface area contributed by atoms with Crippen molar-refractivity contribution in [1.82, 2.24) is 30.2 Å². The van der Waals surface area contributed by atoms with E-state index in [1.54, 1.807) is 0 Å². The molecular weight excluding hydrogens is 801 g/mol. The largest absolute Gasteiger partial charge is 0.491 e. The molecule has 2 spiro atoms. The Morgan fingerprint density at radius 2 is 0.873 bits per heavy atom.